The van der Waals surface area contributed by atoms with Crippen LogP contribution in [-0.4, -0.2) is 55.0 Å². The highest BCUT2D eigenvalue weighted by molar-refractivity contribution is 6.47. The van der Waals surface area contributed by atoms with E-state index in [4.69, 9.17) is 9.39 Å². The molecule has 0 amide bonds. The fourth-order valence-electron chi connectivity index (χ4n) is 2.08. The Balaban J connectivity index is 1.86. The molecule has 4 nitrogen and oxygen atoms in total. The normalized spacial score (nSPS) is 17.5. The molecule has 0 aliphatic carbocycles. The van der Waals surface area contributed by atoms with E-state index in [9.17, 15) is 5.11 Å². The van der Waals surface area contributed by atoms with Gasteiger partial charge in [0.05, 0.1) is 24.4 Å². The molecule has 1 radical (unpaired) electrons. The molecule has 0 atom stereocenters. The van der Waals surface area contributed by atoms with Crippen LogP contribution < -0.4 is 5.46 Å². The van der Waals surface area contributed by atoms with Crippen LogP contribution in [0.15, 0.2) is 24.3 Å². The summed E-state index contributed by atoms with van der Waals surface area (Å²) >= 11 is 0. The monoisotopic (exact) mass is 304 g/mol. The number of hydrogen-bond donors (Lipinski definition) is 1. The molecule has 0 aromatic heterocycles. The molecule has 121 valence electrons. The van der Waals surface area contributed by atoms with Crippen LogP contribution in [0, 0.1) is 0 Å². The van der Waals surface area contributed by atoms with Crippen molar-refractivity contribution in [2.75, 3.05) is 26.3 Å². The van der Waals surface area contributed by atoms with E-state index in [1.807, 2.05) is 13.8 Å². The molecule has 0 unspecified atom stereocenters. The minimum absolute atomic E-state index is 0.639. The van der Waals surface area contributed by atoms with Crippen LogP contribution in [0.4, 0.5) is 0 Å². The molecule has 2 rings (SSSR count). The molecule has 0 saturated carbocycles. The molecular weight excluding hydrogens is 277 g/mol. The van der Waals surface area contributed by atoms with Gasteiger partial charge in [0.1, 0.15) is 0 Å². The summed E-state index contributed by atoms with van der Waals surface area (Å²) in [5.41, 5.74) is 0.753. The highest BCUT2D eigenvalue weighted by Crippen LogP contribution is 2.24. The van der Waals surface area contributed by atoms with Gasteiger partial charge in [-0.15, -0.1) is 0 Å². The van der Waals surface area contributed by atoms with Crippen molar-refractivity contribution in [3.63, 3.8) is 0 Å². The first-order chi connectivity index (χ1) is 10.3. The minimum atomic E-state index is -0.903. The summed E-state index contributed by atoms with van der Waals surface area (Å²) in [5.74, 6) is 0. The molecule has 0 spiro atoms. The lowest BCUT2D eigenvalue weighted by Gasteiger charge is -2.37. The van der Waals surface area contributed by atoms with E-state index in [2.05, 4.69) is 29.2 Å². The summed E-state index contributed by atoms with van der Waals surface area (Å²) in [4.78, 5) is 2.40. The zero-order valence-corrected chi connectivity index (χ0v) is 14.1. The molecule has 1 saturated heterocycles. The third-order valence-corrected chi connectivity index (χ3v) is 4.45. The zero-order chi connectivity index (χ0) is 16.2. The largest absolute Gasteiger partial charge is 0.427 e. The number of morpholine rings is 1. The van der Waals surface area contributed by atoms with Gasteiger partial charge in [0.2, 0.25) is 0 Å². The summed E-state index contributed by atoms with van der Waals surface area (Å²) in [6.07, 6.45) is 0. The lowest BCUT2D eigenvalue weighted by Crippen LogP contribution is -2.49. The van der Waals surface area contributed by atoms with Crippen LogP contribution in [0.5, 0.6) is 0 Å². The predicted octanol–water partition coefficient (Wildman–Crippen LogP) is 1.33. The van der Waals surface area contributed by atoms with Gasteiger partial charge >= 0.3 is 7.48 Å². The van der Waals surface area contributed by atoms with E-state index < -0.39 is 11.2 Å². The molecule has 1 aliphatic rings. The smallest absolute Gasteiger partial charge is 0.330 e. The van der Waals surface area contributed by atoms with Crippen molar-refractivity contribution in [1.82, 2.24) is 4.90 Å². The molecule has 1 aliphatic heterocycles. The lowest BCUT2D eigenvalue weighted by molar-refractivity contribution is -0.0893. The first-order valence-corrected chi connectivity index (χ1v) is 7.90. The molecule has 0 bridgehead atoms. The topological polar surface area (TPSA) is 41.9 Å². The molecule has 1 fully saturated rings. The summed E-state index contributed by atoms with van der Waals surface area (Å²) in [6.45, 7) is 11.9. The van der Waals surface area contributed by atoms with Gasteiger partial charge in [0, 0.05) is 19.6 Å². The number of benzene rings is 1. The average Bonchev–Trinajstić information content (AvgIpc) is 2.46. The fourth-order valence-corrected chi connectivity index (χ4v) is 2.08. The summed E-state index contributed by atoms with van der Waals surface area (Å²) in [7, 11) is 1.72. The van der Waals surface area contributed by atoms with Gasteiger partial charge in [-0.05, 0) is 33.3 Å². The molecule has 5 heteroatoms. The van der Waals surface area contributed by atoms with Gasteiger partial charge in [-0.25, -0.2) is 0 Å². The Labute approximate surface area is 134 Å². The van der Waals surface area contributed by atoms with Crippen molar-refractivity contribution >= 4 is 12.9 Å². The standard InChI is InChI=1S/C17H27BNO3/c1-16(2,20)17(3,4)22-18-15-7-5-14(6-8-15)13-19-9-11-21-12-10-19/h5-8,20H,9-13H2,1-4H3. The second-order valence-corrected chi connectivity index (χ2v) is 6.94. The van der Waals surface area contributed by atoms with Crippen LogP contribution in [-0.2, 0) is 15.9 Å². The third-order valence-electron chi connectivity index (χ3n) is 4.45. The van der Waals surface area contributed by atoms with Gasteiger partial charge in [0.15, 0.2) is 0 Å². The number of nitrogens with zero attached hydrogens (tertiary/aromatic N) is 1. The van der Waals surface area contributed by atoms with E-state index in [1.54, 1.807) is 21.3 Å². The second kappa shape index (κ2) is 7.13. The molecule has 22 heavy (non-hydrogen) atoms. The van der Waals surface area contributed by atoms with Crippen molar-refractivity contribution < 1.29 is 14.5 Å². The van der Waals surface area contributed by atoms with Gasteiger partial charge in [0.25, 0.3) is 0 Å². The molecule has 1 N–H and O–H groups in total. The van der Waals surface area contributed by atoms with Crippen molar-refractivity contribution in [3.05, 3.63) is 29.8 Å². The van der Waals surface area contributed by atoms with Gasteiger partial charge in [-0.2, -0.15) is 0 Å². The first-order valence-electron chi connectivity index (χ1n) is 7.90. The Morgan fingerprint density at radius 1 is 1.14 bits per heavy atom. The Kier molecular flexibility index (Phi) is 5.67. The molecule has 1 aromatic rings. The second-order valence-electron chi connectivity index (χ2n) is 6.94. The first kappa shape index (κ1) is 17.5. The van der Waals surface area contributed by atoms with E-state index in [-0.39, 0.29) is 0 Å². The van der Waals surface area contributed by atoms with Crippen molar-refractivity contribution in [2.45, 2.75) is 45.4 Å². The summed E-state index contributed by atoms with van der Waals surface area (Å²) in [6, 6.07) is 8.36. The van der Waals surface area contributed by atoms with Crippen LogP contribution in [0.1, 0.15) is 33.3 Å². The third kappa shape index (κ3) is 4.81. The highest BCUT2D eigenvalue weighted by atomic mass is 16.5. The predicted molar refractivity (Wildman–Crippen MR) is 89.4 cm³/mol. The van der Waals surface area contributed by atoms with E-state index in [0.717, 1.165) is 38.3 Å². The van der Waals surface area contributed by atoms with Crippen molar-refractivity contribution in [1.29, 1.82) is 0 Å². The Morgan fingerprint density at radius 3 is 2.27 bits per heavy atom. The Hall–Kier alpha value is -0.875. The summed E-state index contributed by atoms with van der Waals surface area (Å²) < 4.78 is 11.1. The lowest BCUT2D eigenvalue weighted by atomic mass is 9.82. The Bertz CT molecular complexity index is 462. The number of hydrogen-bond acceptors (Lipinski definition) is 4. The van der Waals surface area contributed by atoms with Crippen LogP contribution in [0.25, 0.3) is 0 Å². The highest BCUT2D eigenvalue weighted by Gasteiger charge is 2.35. The number of aliphatic hydroxyl groups is 1. The Morgan fingerprint density at radius 2 is 1.73 bits per heavy atom. The fraction of sp³-hybridized carbons (Fsp3) is 0.647. The number of ether oxygens (including phenoxy) is 1. The minimum Gasteiger partial charge on any atom is -0.427 e. The average molecular weight is 304 g/mol. The quantitative estimate of drug-likeness (QED) is 0.805. The maximum atomic E-state index is 10.1. The van der Waals surface area contributed by atoms with E-state index in [1.165, 1.54) is 5.56 Å². The zero-order valence-electron chi connectivity index (χ0n) is 14.1. The molecular formula is C17H27BNO3. The molecule has 1 heterocycles. The maximum Gasteiger partial charge on any atom is 0.330 e. The van der Waals surface area contributed by atoms with E-state index in [0.29, 0.717) is 0 Å². The van der Waals surface area contributed by atoms with Gasteiger partial charge < -0.3 is 14.5 Å². The van der Waals surface area contributed by atoms with Gasteiger partial charge in [-0.3, -0.25) is 4.90 Å². The number of rotatable bonds is 6. The van der Waals surface area contributed by atoms with Crippen LogP contribution in [0.2, 0.25) is 0 Å². The van der Waals surface area contributed by atoms with Crippen LogP contribution in [0.3, 0.4) is 0 Å². The van der Waals surface area contributed by atoms with Crippen molar-refractivity contribution in [2.24, 2.45) is 0 Å². The summed E-state index contributed by atoms with van der Waals surface area (Å²) in [5, 5.41) is 10.1. The maximum absolute atomic E-state index is 10.1. The van der Waals surface area contributed by atoms with Crippen molar-refractivity contribution in [3.8, 4) is 0 Å². The van der Waals surface area contributed by atoms with E-state index >= 15 is 0 Å². The van der Waals surface area contributed by atoms with Crippen LogP contribution >= 0.6 is 0 Å². The molecule has 1 aromatic carbocycles. The SMILES string of the molecule is CC(C)(O)C(C)(C)O[B]c1ccc(CN2CCOCC2)cc1. The van der Waals surface area contributed by atoms with Gasteiger partial charge in [-0.1, -0.05) is 29.7 Å².